The second kappa shape index (κ2) is 5.40. The van der Waals surface area contributed by atoms with Crippen molar-refractivity contribution in [2.24, 2.45) is 0 Å². The predicted molar refractivity (Wildman–Crippen MR) is 67.6 cm³/mol. The third-order valence-corrected chi connectivity index (χ3v) is 3.10. The molecule has 0 spiro atoms. The van der Waals surface area contributed by atoms with E-state index in [1.165, 1.54) is 7.11 Å². The molecule has 0 amide bonds. The van der Waals surface area contributed by atoms with Gasteiger partial charge in [0.05, 0.1) is 12.2 Å². The second-order valence-electron chi connectivity index (χ2n) is 4.48. The maximum atomic E-state index is 14.1. The smallest absolute Gasteiger partial charge is 0.351 e. The minimum absolute atomic E-state index is 0.0290. The summed E-state index contributed by atoms with van der Waals surface area (Å²) in [5.74, 6) is -1.83. The molecule has 1 aromatic heterocycles. The molecule has 0 aromatic carbocycles. The molecule has 7 nitrogen and oxygen atoms in total. The van der Waals surface area contributed by atoms with E-state index in [4.69, 9.17) is 21.6 Å². The van der Waals surface area contributed by atoms with Crippen LogP contribution in [-0.4, -0.2) is 46.5 Å². The van der Waals surface area contributed by atoms with E-state index in [2.05, 4.69) is 10.9 Å². The standard InChI is InChI=1S/C12H13F2N3O4/c1-3-6-4-17(11(19)16-9(6)15)10-12(13,14)8(18)7(21-10)5-20-2/h1,4,7-8,10,18H,5H2,2H3,(H2,15,16,19)/t7-,8?,10-/m1/s1. The fraction of sp³-hybridized carbons (Fsp3) is 0.500. The van der Waals surface area contributed by atoms with Crippen molar-refractivity contribution in [2.75, 3.05) is 19.5 Å². The Morgan fingerprint density at radius 1 is 1.71 bits per heavy atom. The molecule has 2 heterocycles. The molecule has 1 saturated heterocycles. The number of rotatable bonds is 3. The van der Waals surface area contributed by atoms with Gasteiger partial charge in [0.1, 0.15) is 11.9 Å². The number of methoxy groups -OCH3 is 1. The van der Waals surface area contributed by atoms with Crippen LogP contribution in [0.15, 0.2) is 11.0 Å². The summed E-state index contributed by atoms with van der Waals surface area (Å²) in [5, 5.41) is 9.60. The van der Waals surface area contributed by atoms with Crippen LogP contribution in [-0.2, 0) is 9.47 Å². The van der Waals surface area contributed by atoms with Crippen molar-refractivity contribution in [2.45, 2.75) is 24.4 Å². The Morgan fingerprint density at radius 2 is 2.38 bits per heavy atom. The van der Waals surface area contributed by atoms with Gasteiger partial charge in [-0.3, -0.25) is 4.57 Å². The van der Waals surface area contributed by atoms with Crippen molar-refractivity contribution >= 4 is 5.82 Å². The van der Waals surface area contributed by atoms with Crippen LogP contribution in [0.2, 0.25) is 0 Å². The van der Waals surface area contributed by atoms with Gasteiger partial charge in [-0.05, 0) is 0 Å². The topological polar surface area (TPSA) is 99.6 Å². The largest absolute Gasteiger partial charge is 0.384 e. The zero-order valence-electron chi connectivity index (χ0n) is 11.0. The minimum atomic E-state index is -3.71. The Morgan fingerprint density at radius 3 is 2.95 bits per heavy atom. The van der Waals surface area contributed by atoms with Crippen LogP contribution in [0.25, 0.3) is 0 Å². The summed E-state index contributed by atoms with van der Waals surface area (Å²) in [6, 6.07) is 0. The lowest BCUT2D eigenvalue weighted by Crippen LogP contribution is -2.42. The highest BCUT2D eigenvalue weighted by Gasteiger charge is 2.59. The summed E-state index contributed by atoms with van der Waals surface area (Å²) in [6.45, 7) is -0.258. The maximum absolute atomic E-state index is 14.1. The number of aliphatic hydroxyl groups excluding tert-OH is 1. The number of aliphatic hydroxyl groups is 1. The molecule has 114 valence electrons. The van der Waals surface area contributed by atoms with Crippen molar-refractivity contribution in [3.8, 4) is 12.3 Å². The number of nitrogen functional groups attached to an aromatic ring is 1. The van der Waals surface area contributed by atoms with E-state index < -0.39 is 30.0 Å². The molecule has 0 bridgehead atoms. The molecule has 3 N–H and O–H groups in total. The lowest BCUT2D eigenvalue weighted by atomic mass is 10.1. The SMILES string of the molecule is C#Cc1cn([C@@H]2O[C@H](COC)C(O)C2(F)F)c(=O)nc1N. The number of nitrogens with zero attached hydrogens (tertiary/aromatic N) is 2. The number of hydrogen-bond donors (Lipinski definition) is 2. The molecule has 9 heteroatoms. The van der Waals surface area contributed by atoms with E-state index in [1.807, 2.05) is 0 Å². The van der Waals surface area contributed by atoms with Gasteiger partial charge in [0.2, 0.25) is 6.23 Å². The van der Waals surface area contributed by atoms with Gasteiger partial charge in [-0.1, -0.05) is 5.92 Å². The highest BCUT2D eigenvalue weighted by Crippen LogP contribution is 2.42. The molecule has 3 atom stereocenters. The Labute approximate surface area is 118 Å². The van der Waals surface area contributed by atoms with E-state index >= 15 is 0 Å². The van der Waals surface area contributed by atoms with Gasteiger partial charge < -0.3 is 20.3 Å². The average Bonchev–Trinajstić information content (AvgIpc) is 2.63. The summed E-state index contributed by atoms with van der Waals surface area (Å²) < 4.78 is 38.4. The first-order valence-electron chi connectivity index (χ1n) is 5.88. The first-order valence-corrected chi connectivity index (χ1v) is 5.88. The Hall–Kier alpha value is -2.02. The predicted octanol–water partition coefficient (Wildman–Crippen LogP) is -0.653. The van der Waals surface area contributed by atoms with E-state index in [1.54, 1.807) is 0 Å². The number of aromatic nitrogens is 2. The van der Waals surface area contributed by atoms with Gasteiger partial charge in [0.15, 0.2) is 6.10 Å². The van der Waals surface area contributed by atoms with Crippen molar-refractivity contribution < 1.29 is 23.4 Å². The van der Waals surface area contributed by atoms with Gasteiger partial charge in [0, 0.05) is 13.3 Å². The Balaban J connectivity index is 2.47. The third kappa shape index (κ3) is 2.49. The quantitative estimate of drug-likeness (QED) is 0.720. The zero-order valence-corrected chi connectivity index (χ0v) is 11.0. The molecular weight excluding hydrogens is 288 g/mol. The molecule has 1 aliphatic rings. The van der Waals surface area contributed by atoms with Crippen LogP contribution in [0.5, 0.6) is 0 Å². The summed E-state index contributed by atoms with van der Waals surface area (Å²) in [6.07, 6.45) is 0.656. The highest BCUT2D eigenvalue weighted by atomic mass is 19.3. The maximum Gasteiger partial charge on any atom is 0.351 e. The van der Waals surface area contributed by atoms with Crippen molar-refractivity contribution in [3.05, 3.63) is 22.2 Å². The average molecular weight is 301 g/mol. The first kappa shape index (κ1) is 15.4. The molecule has 1 aromatic rings. The molecule has 0 aliphatic carbocycles. The summed E-state index contributed by atoms with van der Waals surface area (Å²) in [4.78, 5) is 15.1. The lowest BCUT2D eigenvalue weighted by Gasteiger charge is -2.21. The van der Waals surface area contributed by atoms with E-state index in [0.717, 1.165) is 6.20 Å². The Bertz CT molecular complexity index is 640. The first-order chi connectivity index (χ1) is 9.82. The molecule has 1 aliphatic heterocycles. The molecule has 1 fully saturated rings. The second-order valence-corrected chi connectivity index (χ2v) is 4.48. The van der Waals surface area contributed by atoms with Crippen LogP contribution >= 0.6 is 0 Å². The lowest BCUT2D eigenvalue weighted by molar-refractivity contribution is -0.141. The number of terminal acetylenes is 1. The van der Waals surface area contributed by atoms with E-state index in [9.17, 15) is 18.7 Å². The van der Waals surface area contributed by atoms with Gasteiger partial charge in [-0.25, -0.2) is 4.79 Å². The summed E-state index contributed by atoms with van der Waals surface area (Å²) in [7, 11) is 1.27. The fourth-order valence-electron chi connectivity index (χ4n) is 2.03. The van der Waals surface area contributed by atoms with Crippen LogP contribution in [0.1, 0.15) is 11.8 Å². The molecule has 21 heavy (non-hydrogen) atoms. The number of anilines is 1. The van der Waals surface area contributed by atoms with Gasteiger partial charge in [0.25, 0.3) is 0 Å². The van der Waals surface area contributed by atoms with Gasteiger partial charge in [-0.2, -0.15) is 13.8 Å². The van der Waals surface area contributed by atoms with Crippen LogP contribution in [0.4, 0.5) is 14.6 Å². The zero-order chi connectivity index (χ0) is 15.8. The van der Waals surface area contributed by atoms with Crippen molar-refractivity contribution in [1.29, 1.82) is 0 Å². The van der Waals surface area contributed by atoms with Gasteiger partial charge >= 0.3 is 11.6 Å². The number of ether oxygens (including phenoxy) is 2. The van der Waals surface area contributed by atoms with Crippen LogP contribution in [0, 0.1) is 12.3 Å². The summed E-state index contributed by atoms with van der Waals surface area (Å²) >= 11 is 0. The fourth-order valence-corrected chi connectivity index (χ4v) is 2.03. The van der Waals surface area contributed by atoms with E-state index in [0.29, 0.717) is 4.57 Å². The summed E-state index contributed by atoms with van der Waals surface area (Å²) in [5.41, 5.74) is 4.32. The van der Waals surface area contributed by atoms with Crippen molar-refractivity contribution in [1.82, 2.24) is 9.55 Å². The minimum Gasteiger partial charge on any atom is -0.384 e. The number of alkyl halides is 2. The van der Waals surface area contributed by atoms with Crippen LogP contribution in [0.3, 0.4) is 0 Å². The molecule has 2 rings (SSSR count). The Kier molecular flexibility index (Phi) is 3.95. The molecule has 1 unspecified atom stereocenters. The van der Waals surface area contributed by atoms with Crippen LogP contribution < -0.4 is 11.4 Å². The monoisotopic (exact) mass is 301 g/mol. The third-order valence-electron chi connectivity index (χ3n) is 3.10. The number of hydrogen-bond acceptors (Lipinski definition) is 6. The number of halogens is 2. The normalized spacial score (nSPS) is 27.5. The number of nitrogens with two attached hydrogens (primary N) is 1. The van der Waals surface area contributed by atoms with E-state index in [-0.39, 0.29) is 18.0 Å². The molecular formula is C12H13F2N3O4. The highest BCUT2D eigenvalue weighted by molar-refractivity contribution is 5.47. The van der Waals surface area contributed by atoms with Crippen molar-refractivity contribution in [3.63, 3.8) is 0 Å². The molecule has 0 saturated carbocycles. The molecule has 0 radical (unpaired) electrons. The van der Waals surface area contributed by atoms with Gasteiger partial charge in [-0.15, -0.1) is 6.42 Å².